The second-order valence-corrected chi connectivity index (χ2v) is 6.37. The van der Waals surface area contributed by atoms with Crippen molar-refractivity contribution < 1.29 is 0 Å². The van der Waals surface area contributed by atoms with Gasteiger partial charge in [-0.1, -0.05) is 31.9 Å². The standard InChI is InChI=1S/C15H12Br2N2/c16-12-1-2-15-11(7-12)3-4-19(15)9-10-5-13(17)8-14(18)6-10/h1-8H,9,18H2. The first-order chi connectivity index (χ1) is 9.11. The molecule has 0 unspecified atom stereocenters. The first-order valence-electron chi connectivity index (χ1n) is 5.91. The van der Waals surface area contributed by atoms with Gasteiger partial charge >= 0.3 is 0 Å². The third-order valence-corrected chi connectivity index (χ3v) is 4.02. The number of hydrogen-bond donors (Lipinski definition) is 1. The normalized spacial score (nSPS) is 11.1. The molecule has 1 heterocycles. The van der Waals surface area contributed by atoms with Crippen molar-refractivity contribution in [1.29, 1.82) is 0 Å². The number of nitrogens with zero attached hydrogens (tertiary/aromatic N) is 1. The summed E-state index contributed by atoms with van der Waals surface area (Å²) >= 11 is 6.98. The molecule has 0 spiro atoms. The maximum Gasteiger partial charge on any atom is 0.0484 e. The van der Waals surface area contributed by atoms with E-state index in [2.05, 4.69) is 73.0 Å². The summed E-state index contributed by atoms with van der Waals surface area (Å²) in [4.78, 5) is 0. The van der Waals surface area contributed by atoms with Crippen LogP contribution < -0.4 is 5.73 Å². The van der Waals surface area contributed by atoms with E-state index in [4.69, 9.17) is 5.73 Å². The quantitative estimate of drug-likeness (QED) is 0.637. The Kier molecular flexibility index (Phi) is 3.37. The molecule has 96 valence electrons. The van der Waals surface area contributed by atoms with E-state index in [1.165, 1.54) is 16.5 Å². The summed E-state index contributed by atoms with van der Waals surface area (Å²) in [6.45, 7) is 0.814. The van der Waals surface area contributed by atoms with Gasteiger partial charge in [0.1, 0.15) is 0 Å². The van der Waals surface area contributed by atoms with Crippen LogP contribution in [0, 0.1) is 0 Å². The number of rotatable bonds is 2. The zero-order valence-corrected chi connectivity index (χ0v) is 13.3. The molecule has 0 saturated carbocycles. The average Bonchev–Trinajstić information content (AvgIpc) is 2.70. The molecule has 2 N–H and O–H groups in total. The summed E-state index contributed by atoms with van der Waals surface area (Å²) < 4.78 is 4.34. The molecule has 1 aromatic heterocycles. The Morgan fingerprint density at radius 3 is 2.58 bits per heavy atom. The number of anilines is 1. The van der Waals surface area contributed by atoms with Crippen molar-refractivity contribution in [2.45, 2.75) is 6.54 Å². The van der Waals surface area contributed by atoms with Gasteiger partial charge in [0.2, 0.25) is 0 Å². The summed E-state index contributed by atoms with van der Waals surface area (Å²) in [7, 11) is 0. The third kappa shape index (κ3) is 2.69. The van der Waals surface area contributed by atoms with Crippen LogP contribution in [0.4, 0.5) is 5.69 Å². The lowest BCUT2D eigenvalue weighted by Gasteiger charge is -2.07. The molecule has 0 aliphatic rings. The van der Waals surface area contributed by atoms with Gasteiger partial charge in [-0.25, -0.2) is 0 Å². The first kappa shape index (κ1) is 12.8. The van der Waals surface area contributed by atoms with E-state index in [9.17, 15) is 0 Å². The highest BCUT2D eigenvalue weighted by Gasteiger charge is 2.03. The highest BCUT2D eigenvalue weighted by Crippen LogP contribution is 2.23. The Labute approximate surface area is 128 Å². The fourth-order valence-corrected chi connectivity index (χ4v) is 3.21. The Balaban J connectivity index is 2.01. The molecule has 0 aliphatic heterocycles. The van der Waals surface area contributed by atoms with Crippen molar-refractivity contribution in [3.8, 4) is 0 Å². The molecular formula is C15H12Br2N2. The molecule has 3 aromatic rings. The molecule has 3 rings (SSSR count). The monoisotopic (exact) mass is 378 g/mol. The molecule has 0 radical (unpaired) electrons. The second-order valence-electron chi connectivity index (χ2n) is 4.54. The minimum Gasteiger partial charge on any atom is -0.399 e. The molecule has 0 atom stereocenters. The molecule has 0 aliphatic carbocycles. The first-order valence-corrected chi connectivity index (χ1v) is 7.50. The number of nitrogen functional groups attached to an aromatic ring is 1. The highest BCUT2D eigenvalue weighted by atomic mass is 79.9. The topological polar surface area (TPSA) is 30.9 Å². The van der Waals surface area contributed by atoms with Crippen LogP contribution in [-0.2, 0) is 6.54 Å². The Morgan fingerprint density at radius 1 is 0.947 bits per heavy atom. The maximum atomic E-state index is 5.88. The lowest BCUT2D eigenvalue weighted by molar-refractivity contribution is 0.836. The molecule has 19 heavy (non-hydrogen) atoms. The average molecular weight is 380 g/mol. The van der Waals surface area contributed by atoms with Gasteiger partial charge in [0.15, 0.2) is 0 Å². The predicted molar refractivity (Wildman–Crippen MR) is 87.3 cm³/mol. The zero-order valence-electron chi connectivity index (χ0n) is 10.1. The third-order valence-electron chi connectivity index (χ3n) is 3.07. The van der Waals surface area contributed by atoms with E-state index in [0.29, 0.717) is 0 Å². The Morgan fingerprint density at radius 2 is 1.79 bits per heavy atom. The smallest absolute Gasteiger partial charge is 0.0484 e. The minimum atomic E-state index is 0.781. The van der Waals surface area contributed by atoms with Gasteiger partial charge in [0.05, 0.1) is 0 Å². The van der Waals surface area contributed by atoms with Gasteiger partial charge in [0.25, 0.3) is 0 Å². The van der Waals surface area contributed by atoms with Crippen LogP contribution >= 0.6 is 31.9 Å². The van der Waals surface area contributed by atoms with Crippen LogP contribution in [0.2, 0.25) is 0 Å². The van der Waals surface area contributed by atoms with Crippen molar-refractivity contribution >= 4 is 48.5 Å². The van der Waals surface area contributed by atoms with E-state index >= 15 is 0 Å². The Hall–Kier alpha value is -1.26. The van der Waals surface area contributed by atoms with Gasteiger partial charge in [-0.2, -0.15) is 0 Å². The van der Waals surface area contributed by atoms with Crippen molar-refractivity contribution in [3.05, 3.63) is 63.2 Å². The molecule has 2 nitrogen and oxygen atoms in total. The number of benzene rings is 2. The van der Waals surface area contributed by atoms with E-state index in [1.54, 1.807) is 0 Å². The van der Waals surface area contributed by atoms with Crippen LogP contribution in [-0.4, -0.2) is 4.57 Å². The van der Waals surface area contributed by atoms with Gasteiger partial charge in [-0.15, -0.1) is 0 Å². The lowest BCUT2D eigenvalue weighted by Crippen LogP contribution is -1.99. The molecular weight excluding hydrogens is 368 g/mol. The van der Waals surface area contributed by atoms with Crippen molar-refractivity contribution in [2.24, 2.45) is 0 Å². The molecule has 2 aromatic carbocycles. The number of fused-ring (bicyclic) bond motifs is 1. The number of aromatic nitrogens is 1. The van der Waals surface area contributed by atoms with Crippen LogP contribution in [0.25, 0.3) is 10.9 Å². The van der Waals surface area contributed by atoms with Gasteiger partial charge < -0.3 is 10.3 Å². The van der Waals surface area contributed by atoms with E-state index in [1.807, 2.05) is 12.1 Å². The lowest BCUT2D eigenvalue weighted by atomic mass is 10.2. The van der Waals surface area contributed by atoms with E-state index in [0.717, 1.165) is 21.2 Å². The Bertz CT molecular complexity index is 727. The number of halogens is 2. The highest BCUT2D eigenvalue weighted by molar-refractivity contribution is 9.10. The number of hydrogen-bond acceptors (Lipinski definition) is 1. The summed E-state index contributed by atoms with van der Waals surface area (Å²) in [6, 6.07) is 14.5. The maximum absolute atomic E-state index is 5.88. The van der Waals surface area contributed by atoms with Gasteiger partial charge in [-0.05, 0) is 48.0 Å². The molecule has 0 fully saturated rings. The fourth-order valence-electron chi connectivity index (χ4n) is 2.27. The SMILES string of the molecule is Nc1cc(Br)cc(Cn2ccc3cc(Br)ccc32)c1. The molecule has 4 heteroatoms. The number of nitrogens with two attached hydrogens (primary N) is 1. The van der Waals surface area contributed by atoms with E-state index in [-0.39, 0.29) is 0 Å². The summed E-state index contributed by atoms with van der Waals surface area (Å²) in [5, 5.41) is 1.23. The molecule has 0 saturated heterocycles. The van der Waals surface area contributed by atoms with Crippen molar-refractivity contribution in [2.75, 3.05) is 5.73 Å². The molecule has 0 amide bonds. The van der Waals surface area contributed by atoms with Crippen LogP contribution in [0.3, 0.4) is 0 Å². The van der Waals surface area contributed by atoms with Crippen molar-refractivity contribution in [3.63, 3.8) is 0 Å². The van der Waals surface area contributed by atoms with Crippen LogP contribution in [0.1, 0.15) is 5.56 Å². The van der Waals surface area contributed by atoms with Gasteiger partial charge in [-0.3, -0.25) is 0 Å². The fraction of sp³-hybridized carbons (Fsp3) is 0.0667. The minimum absolute atomic E-state index is 0.781. The van der Waals surface area contributed by atoms with Crippen LogP contribution in [0.15, 0.2) is 57.6 Å². The largest absolute Gasteiger partial charge is 0.399 e. The van der Waals surface area contributed by atoms with Crippen LogP contribution in [0.5, 0.6) is 0 Å². The molecule has 0 bridgehead atoms. The summed E-state index contributed by atoms with van der Waals surface area (Å²) in [5.74, 6) is 0. The zero-order chi connectivity index (χ0) is 13.4. The predicted octanol–water partition coefficient (Wildman–Crippen LogP) is 4.80. The van der Waals surface area contributed by atoms with E-state index < -0.39 is 0 Å². The summed E-state index contributed by atoms with van der Waals surface area (Å²) in [5.41, 5.74) is 9.07. The second kappa shape index (κ2) is 5.02. The summed E-state index contributed by atoms with van der Waals surface area (Å²) in [6.07, 6.45) is 2.11. The van der Waals surface area contributed by atoms with Crippen molar-refractivity contribution in [1.82, 2.24) is 4.57 Å². The van der Waals surface area contributed by atoms with Gasteiger partial charge in [0, 0.05) is 38.3 Å².